The molecule has 2 aromatic rings. The molecule has 1 N–H and O–H groups in total. The fraction of sp³-hybridized carbons (Fsp3) is 0.364. The number of likely N-dealkylation sites (N-methyl/N-ethyl adjacent to an activating group) is 1. The van der Waals surface area contributed by atoms with E-state index in [1.54, 1.807) is 36.4 Å². The molecule has 0 saturated carbocycles. The molecular weight excluding hydrogens is 454 g/mol. The summed E-state index contributed by atoms with van der Waals surface area (Å²) in [6.07, 6.45) is 1.81. The second-order valence-electron chi connectivity index (χ2n) is 7.53. The number of nitrogens with zero attached hydrogens (tertiary/aromatic N) is 2. The van der Waals surface area contributed by atoms with Gasteiger partial charge in [-0.3, -0.25) is 9.59 Å². The average molecular weight is 480 g/mol. The number of hydrogen-bond donors (Lipinski definition) is 1. The summed E-state index contributed by atoms with van der Waals surface area (Å²) in [5.41, 5.74) is 0.386. The maximum absolute atomic E-state index is 13.1. The van der Waals surface area contributed by atoms with Crippen LogP contribution in [0.2, 0.25) is 5.02 Å². The number of hydrogen-bond acceptors (Lipinski definition) is 5. The Labute approximate surface area is 193 Å². The minimum Gasteiger partial charge on any atom is -0.495 e. The van der Waals surface area contributed by atoms with E-state index in [4.69, 9.17) is 16.3 Å². The van der Waals surface area contributed by atoms with Gasteiger partial charge in [0.05, 0.1) is 24.2 Å². The number of rotatable bonds is 7. The third kappa shape index (κ3) is 5.40. The predicted octanol–water partition coefficient (Wildman–Crippen LogP) is 2.99. The number of sulfonamides is 1. The summed E-state index contributed by atoms with van der Waals surface area (Å²) in [5.74, 6) is -0.434. The standard InChI is InChI=1S/C22H26ClN3O5S/c1-25(15-21(27)24-18-14-16(23)11-12-20(18)31-2)22(28)19-10-6-7-13-26(19)32(29,30)17-8-4-3-5-9-17/h3-5,8-9,11-12,14,19H,6-7,10,13,15H2,1-2H3,(H,24,27). The zero-order valence-electron chi connectivity index (χ0n) is 18.0. The highest BCUT2D eigenvalue weighted by molar-refractivity contribution is 7.89. The van der Waals surface area contributed by atoms with E-state index in [2.05, 4.69) is 5.32 Å². The molecule has 0 radical (unpaired) electrons. The number of anilines is 1. The van der Waals surface area contributed by atoms with Crippen molar-refractivity contribution >= 4 is 39.1 Å². The summed E-state index contributed by atoms with van der Waals surface area (Å²) >= 11 is 5.99. The number of benzene rings is 2. The first-order valence-electron chi connectivity index (χ1n) is 10.2. The minimum atomic E-state index is -3.83. The first-order chi connectivity index (χ1) is 15.2. The Balaban J connectivity index is 1.72. The smallest absolute Gasteiger partial charge is 0.244 e. The summed E-state index contributed by atoms with van der Waals surface area (Å²) < 4.78 is 32.7. The van der Waals surface area contributed by atoms with Gasteiger partial charge >= 0.3 is 0 Å². The Morgan fingerprint density at radius 1 is 1.19 bits per heavy atom. The van der Waals surface area contributed by atoms with E-state index in [9.17, 15) is 18.0 Å². The summed E-state index contributed by atoms with van der Waals surface area (Å²) in [4.78, 5) is 27.1. The maximum Gasteiger partial charge on any atom is 0.244 e. The summed E-state index contributed by atoms with van der Waals surface area (Å²) in [6.45, 7) is 0.0115. The topological polar surface area (TPSA) is 96.0 Å². The lowest BCUT2D eigenvalue weighted by molar-refractivity contribution is -0.137. The molecule has 1 aliphatic heterocycles. The van der Waals surface area contributed by atoms with Crippen LogP contribution >= 0.6 is 11.6 Å². The zero-order chi connectivity index (χ0) is 23.3. The monoisotopic (exact) mass is 479 g/mol. The Kier molecular flexibility index (Phi) is 7.76. The molecule has 0 spiro atoms. The van der Waals surface area contributed by atoms with Crippen LogP contribution in [0, 0.1) is 0 Å². The van der Waals surface area contributed by atoms with Crippen LogP contribution in [0.1, 0.15) is 19.3 Å². The number of amides is 2. The average Bonchev–Trinajstić information content (AvgIpc) is 2.79. The summed E-state index contributed by atoms with van der Waals surface area (Å²) in [7, 11) is -0.870. The van der Waals surface area contributed by atoms with Crippen LogP contribution < -0.4 is 10.1 Å². The highest BCUT2D eigenvalue weighted by atomic mass is 35.5. The van der Waals surface area contributed by atoms with E-state index >= 15 is 0 Å². The normalized spacial score (nSPS) is 16.9. The first-order valence-corrected chi connectivity index (χ1v) is 12.0. The Morgan fingerprint density at radius 2 is 1.91 bits per heavy atom. The molecule has 1 atom stereocenters. The minimum absolute atomic E-state index is 0.146. The Morgan fingerprint density at radius 3 is 2.59 bits per heavy atom. The molecule has 2 aromatic carbocycles. The molecule has 8 nitrogen and oxygen atoms in total. The van der Waals surface area contributed by atoms with Gasteiger partial charge in [-0.15, -0.1) is 0 Å². The molecule has 0 aliphatic carbocycles. The van der Waals surface area contributed by atoms with Crippen molar-refractivity contribution in [1.82, 2.24) is 9.21 Å². The Bertz CT molecular complexity index is 1080. The summed E-state index contributed by atoms with van der Waals surface area (Å²) in [6, 6.07) is 12.0. The Hall–Kier alpha value is -2.62. The van der Waals surface area contributed by atoms with E-state index in [1.165, 1.54) is 35.5 Å². The van der Waals surface area contributed by atoms with Crippen LogP contribution in [0.4, 0.5) is 5.69 Å². The third-order valence-electron chi connectivity index (χ3n) is 5.28. The van der Waals surface area contributed by atoms with Crippen LogP contribution in [0.25, 0.3) is 0 Å². The quantitative estimate of drug-likeness (QED) is 0.658. The number of piperidine rings is 1. The fourth-order valence-electron chi connectivity index (χ4n) is 3.68. The second-order valence-corrected chi connectivity index (χ2v) is 9.85. The lowest BCUT2D eigenvalue weighted by Crippen LogP contribution is -2.53. The predicted molar refractivity (Wildman–Crippen MR) is 122 cm³/mol. The van der Waals surface area contributed by atoms with Gasteiger partial charge < -0.3 is 15.0 Å². The number of carbonyl (C=O) groups excluding carboxylic acids is 2. The maximum atomic E-state index is 13.1. The fourth-order valence-corrected chi connectivity index (χ4v) is 5.53. The molecule has 1 unspecified atom stereocenters. The molecule has 2 amide bonds. The molecule has 0 bridgehead atoms. The number of halogens is 1. The molecule has 32 heavy (non-hydrogen) atoms. The van der Waals surface area contributed by atoms with Gasteiger partial charge in [0.1, 0.15) is 11.8 Å². The van der Waals surface area contributed by atoms with Crippen molar-refractivity contribution in [3.8, 4) is 5.75 Å². The molecule has 172 valence electrons. The lowest BCUT2D eigenvalue weighted by atomic mass is 10.0. The SMILES string of the molecule is COc1ccc(Cl)cc1NC(=O)CN(C)C(=O)C1CCCCN1S(=O)(=O)c1ccccc1. The van der Waals surface area contributed by atoms with Crippen LogP contribution in [-0.2, 0) is 19.6 Å². The number of nitrogens with one attached hydrogen (secondary N) is 1. The van der Waals surface area contributed by atoms with Crippen molar-refractivity contribution in [1.29, 1.82) is 0 Å². The molecule has 1 fully saturated rings. The van der Waals surface area contributed by atoms with Gasteiger partial charge in [-0.05, 0) is 43.2 Å². The molecule has 10 heteroatoms. The lowest BCUT2D eigenvalue weighted by Gasteiger charge is -2.35. The van der Waals surface area contributed by atoms with Gasteiger partial charge in [0, 0.05) is 18.6 Å². The van der Waals surface area contributed by atoms with Gasteiger partial charge in [0.25, 0.3) is 0 Å². The molecule has 0 aromatic heterocycles. The van der Waals surface area contributed by atoms with E-state index in [0.29, 0.717) is 29.3 Å². The van der Waals surface area contributed by atoms with Gasteiger partial charge in [-0.2, -0.15) is 4.31 Å². The third-order valence-corrected chi connectivity index (χ3v) is 7.44. The van der Waals surface area contributed by atoms with E-state index in [0.717, 1.165) is 6.42 Å². The molecule has 3 rings (SSSR count). The number of ether oxygens (including phenoxy) is 1. The zero-order valence-corrected chi connectivity index (χ0v) is 19.5. The van der Waals surface area contributed by atoms with Gasteiger partial charge in [-0.1, -0.05) is 36.2 Å². The van der Waals surface area contributed by atoms with Crippen molar-refractivity contribution in [3.05, 3.63) is 53.6 Å². The number of carbonyl (C=O) groups is 2. The van der Waals surface area contributed by atoms with Gasteiger partial charge in [-0.25, -0.2) is 8.42 Å². The van der Waals surface area contributed by atoms with E-state index in [1.807, 2.05) is 0 Å². The van der Waals surface area contributed by atoms with Crippen LogP contribution in [0.15, 0.2) is 53.4 Å². The largest absolute Gasteiger partial charge is 0.495 e. The molecule has 1 heterocycles. The van der Waals surface area contributed by atoms with Crippen LogP contribution in [-0.4, -0.2) is 62.7 Å². The molecule has 1 aliphatic rings. The highest BCUT2D eigenvalue weighted by Gasteiger charge is 2.39. The van der Waals surface area contributed by atoms with Crippen molar-refractivity contribution in [3.63, 3.8) is 0 Å². The molecular formula is C22H26ClN3O5S. The first kappa shape index (κ1) is 24.0. The van der Waals surface area contributed by atoms with Gasteiger partial charge in [0.15, 0.2) is 0 Å². The summed E-state index contributed by atoms with van der Waals surface area (Å²) in [5, 5.41) is 3.11. The second kappa shape index (κ2) is 10.3. The van der Waals surface area contributed by atoms with Crippen LogP contribution in [0.5, 0.6) is 5.75 Å². The highest BCUT2D eigenvalue weighted by Crippen LogP contribution is 2.28. The van der Waals surface area contributed by atoms with Crippen molar-refractivity contribution < 1.29 is 22.7 Å². The van der Waals surface area contributed by atoms with Crippen molar-refractivity contribution in [2.45, 2.75) is 30.2 Å². The van der Waals surface area contributed by atoms with Crippen LogP contribution in [0.3, 0.4) is 0 Å². The van der Waals surface area contributed by atoms with E-state index in [-0.39, 0.29) is 18.0 Å². The van der Waals surface area contributed by atoms with Crippen molar-refractivity contribution in [2.75, 3.05) is 32.6 Å². The molecule has 1 saturated heterocycles. The van der Waals surface area contributed by atoms with Crippen molar-refractivity contribution in [2.24, 2.45) is 0 Å². The number of methoxy groups -OCH3 is 1. The van der Waals surface area contributed by atoms with E-state index < -0.39 is 27.9 Å². The van der Waals surface area contributed by atoms with Gasteiger partial charge in [0.2, 0.25) is 21.8 Å².